The van der Waals surface area contributed by atoms with Gasteiger partial charge in [0, 0.05) is 29.9 Å². The fourth-order valence-corrected chi connectivity index (χ4v) is 3.98. The first kappa shape index (κ1) is 20.6. The normalized spacial score (nSPS) is 10.8. The minimum Gasteiger partial charge on any atom is -0.328 e. The Hall–Kier alpha value is -4.31. The third kappa shape index (κ3) is 4.80. The Labute approximate surface area is 193 Å². The second-order valence-corrected chi connectivity index (χ2v) is 7.96. The van der Waals surface area contributed by atoms with Crippen LogP contribution >= 0.6 is 0 Å². The lowest BCUT2D eigenvalue weighted by molar-refractivity contribution is 0.0728. The Bertz CT molecular complexity index is 1380. The summed E-state index contributed by atoms with van der Waals surface area (Å²) in [4.78, 5) is 24.3. The van der Waals surface area contributed by atoms with Gasteiger partial charge in [0.25, 0.3) is 5.91 Å². The first-order valence-electron chi connectivity index (χ1n) is 10.9. The molecule has 0 fully saturated rings. The standard InChI is InChI=1S/C29H23N3O/c33-29(26-14-15-28-25(19-26)12-7-17-31-28)32(21-27-13-4-5-16-30-27)20-22-8-6-11-24(18-22)23-9-2-1-3-10-23/h1-19H,20-21H2. The van der Waals surface area contributed by atoms with Crippen LogP contribution in [-0.4, -0.2) is 20.8 Å². The van der Waals surface area contributed by atoms with Gasteiger partial charge in [0.1, 0.15) is 0 Å². The molecule has 0 N–H and O–H groups in total. The number of carbonyl (C=O) groups excluding carboxylic acids is 1. The number of fused-ring (bicyclic) bond motifs is 1. The summed E-state index contributed by atoms with van der Waals surface area (Å²) in [6.07, 6.45) is 3.52. The minimum atomic E-state index is -0.0310. The van der Waals surface area contributed by atoms with Gasteiger partial charge in [-0.05, 0) is 59.2 Å². The SMILES string of the molecule is O=C(c1ccc2ncccc2c1)N(Cc1cccc(-c2ccccc2)c1)Cc1ccccn1. The molecule has 0 saturated carbocycles. The molecule has 0 saturated heterocycles. The van der Waals surface area contributed by atoms with E-state index in [4.69, 9.17) is 0 Å². The lowest BCUT2D eigenvalue weighted by Gasteiger charge is -2.23. The Kier molecular flexibility index (Phi) is 5.89. The van der Waals surface area contributed by atoms with Crippen molar-refractivity contribution in [1.29, 1.82) is 0 Å². The van der Waals surface area contributed by atoms with E-state index in [1.807, 2.05) is 77.7 Å². The summed E-state index contributed by atoms with van der Waals surface area (Å²) >= 11 is 0. The Balaban J connectivity index is 1.47. The topological polar surface area (TPSA) is 46.1 Å². The van der Waals surface area contributed by atoms with Crippen molar-refractivity contribution in [3.8, 4) is 11.1 Å². The van der Waals surface area contributed by atoms with Crippen molar-refractivity contribution >= 4 is 16.8 Å². The van der Waals surface area contributed by atoms with Crippen LogP contribution in [0.25, 0.3) is 22.0 Å². The highest BCUT2D eigenvalue weighted by atomic mass is 16.2. The van der Waals surface area contributed by atoms with Crippen LogP contribution in [0.1, 0.15) is 21.6 Å². The first-order chi connectivity index (χ1) is 16.3. The highest BCUT2D eigenvalue weighted by Gasteiger charge is 2.18. The minimum absolute atomic E-state index is 0.0310. The molecule has 0 unspecified atom stereocenters. The van der Waals surface area contributed by atoms with E-state index < -0.39 is 0 Å². The quantitative estimate of drug-likeness (QED) is 0.326. The molecule has 0 aliphatic carbocycles. The summed E-state index contributed by atoms with van der Waals surface area (Å²) in [6, 6.07) is 33.9. The predicted octanol–water partition coefficient (Wildman–Crippen LogP) is 6.14. The Morgan fingerprint density at radius 2 is 1.48 bits per heavy atom. The van der Waals surface area contributed by atoms with Crippen molar-refractivity contribution in [2.24, 2.45) is 0 Å². The third-order valence-corrected chi connectivity index (χ3v) is 5.62. The predicted molar refractivity (Wildman–Crippen MR) is 131 cm³/mol. The van der Waals surface area contributed by atoms with Crippen LogP contribution in [0.3, 0.4) is 0 Å². The lowest BCUT2D eigenvalue weighted by atomic mass is 10.0. The Morgan fingerprint density at radius 1 is 0.667 bits per heavy atom. The van der Waals surface area contributed by atoms with Gasteiger partial charge in [-0.2, -0.15) is 0 Å². The fraction of sp³-hybridized carbons (Fsp3) is 0.0690. The molecule has 0 aliphatic rings. The number of carbonyl (C=O) groups is 1. The van der Waals surface area contributed by atoms with Gasteiger partial charge in [0.15, 0.2) is 0 Å². The van der Waals surface area contributed by atoms with Gasteiger partial charge in [-0.1, -0.05) is 60.7 Å². The fourth-order valence-electron chi connectivity index (χ4n) is 3.98. The smallest absolute Gasteiger partial charge is 0.254 e. The second kappa shape index (κ2) is 9.45. The van der Waals surface area contributed by atoms with E-state index in [0.29, 0.717) is 18.7 Å². The molecular formula is C29H23N3O. The van der Waals surface area contributed by atoms with E-state index in [9.17, 15) is 4.79 Å². The van der Waals surface area contributed by atoms with Crippen LogP contribution in [0.2, 0.25) is 0 Å². The maximum atomic E-state index is 13.6. The largest absolute Gasteiger partial charge is 0.328 e. The van der Waals surface area contributed by atoms with Gasteiger partial charge in [0.2, 0.25) is 0 Å². The summed E-state index contributed by atoms with van der Waals surface area (Å²) in [5.41, 5.74) is 5.74. The van der Waals surface area contributed by atoms with Gasteiger partial charge < -0.3 is 4.90 Å². The van der Waals surface area contributed by atoms with E-state index >= 15 is 0 Å². The molecule has 0 bridgehead atoms. The van der Waals surface area contributed by atoms with Crippen LogP contribution < -0.4 is 0 Å². The molecule has 0 aliphatic heterocycles. The van der Waals surface area contributed by atoms with Crippen molar-refractivity contribution < 1.29 is 4.79 Å². The van der Waals surface area contributed by atoms with Crippen LogP contribution in [0.5, 0.6) is 0 Å². The average molecular weight is 430 g/mol. The number of pyridine rings is 2. The van der Waals surface area contributed by atoms with E-state index in [-0.39, 0.29) is 5.91 Å². The summed E-state index contributed by atoms with van der Waals surface area (Å²) in [6.45, 7) is 0.918. The maximum absolute atomic E-state index is 13.6. The zero-order valence-electron chi connectivity index (χ0n) is 18.1. The van der Waals surface area contributed by atoms with Crippen LogP contribution in [0, 0.1) is 0 Å². The van der Waals surface area contributed by atoms with Crippen LogP contribution in [-0.2, 0) is 13.1 Å². The molecule has 0 atom stereocenters. The molecule has 5 aromatic rings. The summed E-state index contributed by atoms with van der Waals surface area (Å²) in [5, 5.41) is 0.951. The first-order valence-corrected chi connectivity index (χ1v) is 10.9. The number of hydrogen-bond donors (Lipinski definition) is 0. The van der Waals surface area contributed by atoms with Crippen molar-refractivity contribution in [2.45, 2.75) is 13.1 Å². The number of nitrogens with zero attached hydrogens (tertiary/aromatic N) is 3. The van der Waals surface area contributed by atoms with Gasteiger partial charge in [-0.25, -0.2) is 0 Å². The van der Waals surface area contributed by atoms with E-state index in [1.165, 1.54) is 0 Å². The monoisotopic (exact) mass is 429 g/mol. The lowest BCUT2D eigenvalue weighted by Crippen LogP contribution is -2.30. The summed E-state index contributed by atoms with van der Waals surface area (Å²) in [5.74, 6) is -0.0310. The molecule has 2 heterocycles. The van der Waals surface area contributed by atoms with E-state index in [0.717, 1.165) is 33.3 Å². The number of aromatic nitrogens is 2. The van der Waals surface area contributed by atoms with Crippen molar-refractivity contribution in [1.82, 2.24) is 14.9 Å². The number of benzene rings is 3. The number of hydrogen-bond acceptors (Lipinski definition) is 3. The molecule has 160 valence electrons. The molecule has 5 rings (SSSR count). The highest BCUT2D eigenvalue weighted by Crippen LogP contribution is 2.22. The van der Waals surface area contributed by atoms with Crippen molar-refractivity contribution in [3.63, 3.8) is 0 Å². The summed E-state index contributed by atoms with van der Waals surface area (Å²) < 4.78 is 0. The van der Waals surface area contributed by atoms with Crippen molar-refractivity contribution in [3.05, 3.63) is 132 Å². The van der Waals surface area contributed by atoms with E-state index in [1.54, 1.807) is 12.4 Å². The molecule has 0 spiro atoms. The van der Waals surface area contributed by atoms with Gasteiger partial charge in [-0.3, -0.25) is 14.8 Å². The second-order valence-electron chi connectivity index (χ2n) is 7.96. The van der Waals surface area contributed by atoms with Gasteiger partial charge in [-0.15, -0.1) is 0 Å². The molecular weight excluding hydrogens is 406 g/mol. The molecule has 4 heteroatoms. The third-order valence-electron chi connectivity index (χ3n) is 5.62. The number of rotatable bonds is 6. The molecule has 2 aromatic heterocycles. The molecule has 1 amide bonds. The van der Waals surface area contributed by atoms with Gasteiger partial charge >= 0.3 is 0 Å². The zero-order valence-corrected chi connectivity index (χ0v) is 18.1. The summed E-state index contributed by atoms with van der Waals surface area (Å²) in [7, 11) is 0. The number of amides is 1. The highest BCUT2D eigenvalue weighted by molar-refractivity contribution is 5.97. The van der Waals surface area contributed by atoms with Crippen LogP contribution in [0.4, 0.5) is 0 Å². The van der Waals surface area contributed by atoms with Crippen LogP contribution in [0.15, 0.2) is 116 Å². The van der Waals surface area contributed by atoms with Gasteiger partial charge in [0.05, 0.1) is 17.8 Å². The zero-order chi connectivity index (χ0) is 22.5. The average Bonchev–Trinajstić information content (AvgIpc) is 2.89. The molecule has 4 nitrogen and oxygen atoms in total. The molecule has 0 radical (unpaired) electrons. The Morgan fingerprint density at radius 3 is 2.33 bits per heavy atom. The molecule has 33 heavy (non-hydrogen) atoms. The maximum Gasteiger partial charge on any atom is 0.254 e. The van der Waals surface area contributed by atoms with Crippen molar-refractivity contribution in [2.75, 3.05) is 0 Å². The molecule has 3 aromatic carbocycles. The van der Waals surface area contributed by atoms with E-state index in [2.05, 4.69) is 40.3 Å².